The predicted molar refractivity (Wildman–Crippen MR) is 96.2 cm³/mol. The molecular formula is C19H20N2O5. The zero-order valence-corrected chi connectivity index (χ0v) is 14.6. The summed E-state index contributed by atoms with van der Waals surface area (Å²) in [7, 11) is 1.21. The standard InChI is InChI=1S/C19H20N2O5/c1-13-7-9-14(10-8-13)21-16-6-4-3-5-15(16)19(24)26-12-17(22)20-11-18(23)25-2/h3-10,21H,11-12H2,1-2H3,(H,20,22). The molecule has 1 amide bonds. The Morgan fingerprint density at radius 3 is 2.38 bits per heavy atom. The summed E-state index contributed by atoms with van der Waals surface area (Å²) < 4.78 is 9.42. The first-order valence-corrected chi connectivity index (χ1v) is 7.93. The zero-order valence-electron chi connectivity index (χ0n) is 14.6. The normalized spacial score (nSPS) is 9.92. The monoisotopic (exact) mass is 356 g/mol. The van der Waals surface area contributed by atoms with Gasteiger partial charge >= 0.3 is 11.9 Å². The predicted octanol–water partition coefficient (Wildman–Crippen LogP) is 2.18. The minimum Gasteiger partial charge on any atom is -0.468 e. The largest absolute Gasteiger partial charge is 0.468 e. The van der Waals surface area contributed by atoms with Crippen LogP contribution in [0.1, 0.15) is 15.9 Å². The Balaban J connectivity index is 1.97. The van der Waals surface area contributed by atoms with Crippen molar-refractivity contribution >= 4 is 29.2 Å². The van der Waals surface area contributed by atoms with Crippen molar-refractivity contribution in [3.8, 4) is 0 Å². The van der Waals surface area contributed by atoms with E-state index < -0.39 is 24.5 Å². The van der Waals surface area contributed by atoms with Crippen molar-refractivity contribution in [1.29, 1.82) is 0 Å². The number of aryl methyl sites for hydroxylation is 1. The minimum atomic E-state index is -0.645. The molecule has 7 nitrogen and oxygen atoms in total. The second-order valence-electron chi connectivity index (χ2n) is 5.47. The van der Waals surface area contributed by atoms with Gasteiger partial charge in [-0.05, 0) is 31.2 Å². The van der Waals surface area contributed by atoms with Crippen molar-refractivity contribution < 1.29 is 23.9 Å². The van der Waals surface area contributed by atoms with E-state index in [1.807, 2.05) is 31.2 Å². The molecule has 0 saturated heterocycles. The van der Waals surface area contributed by atoms with Crippen LogP contribution >= 0.6 is 0 Å². The van der Waals surface area contributed by atoms with Crippen LogP contribution in [-0.2, 0) is 19.1 Å². The number of carbonyl (C=O) groups excluding carboxylic acids is 3. The van der Waals surface area contributed by atoms with Crippen molar-refractivity contribution in [3.05, 3.63) is 59.7 Å². The third-order valence-electron chi connectivity index (χ3n) is 3.47. The van der Waals surface area contributed by atoms with Crippen LogP contribution in [0, 0.1) is 6.92 Å². The number of ether oxygens (including phenoxy) is 2. The fourth-order valence-electron chi connectivity index (χ4n) is 2.07. The van der Waals surface area contributed by atoms with Crippen LogP contribution in [0.5, 0.6) is 0 Å². The van der Waals surface area contributed by atoms with E-state index in [0.29, 0.717) is 11.3 Å². The maximum Gasteiger partial charge on any atom is 0.340 e. The lowest BCUT2D eigenvalue weighted by molar-refractivity contribution is -0.141. The van der Waals surface area contributed by atoms with E-state index in [1.54, 1.807) is 24.3 Å². The number of hydrogen-bond donors (Lipinski definition) is 2. The van der Waals surface area contributed by atoms with Gasteiger partial charge < -0.3 is 20.1 Å². The molecule has 0 heterocycles. The van der Waals surface area contributed by atoms with E-state index in [1.165, 1.54) is 7.11 Å². The molecule has 0 aliphatic heterocycles. The summed E-state index contributed by atoms with van der Waals surface area (Å²) in [6.07, 6.45) is 0. The molecule has 2 N–H and O–H groups in total. The van der Waals surface area contributed by atoms with Gasteiger partial charge in [0, 0.05) is 5.69 Å². The highest BCUT2D eigenvalue weighted by atomic mass is 16.5. The summed E-state index contributed by atoms with van der Waals surface area (Å²) >= 11 is 0. The number of para-hydroxylation sites is 1. The number of carbonyl (C=O) groups is 3. The van der Waals surface area contributed by atoms with Gasteiger partial charge in [0.15, 0.2) is 6.61 Å². The number of rotatable bonds is 7. The van der Waals surface area contributed by atoms with Crippen molar-refractivity contribution in [1.82, 2.24) is 5.32 Å². The smallest absolute Gasteiger partial charge is 0.340 e. The van der Waals surface area contributed by atoms with Gasteiger partial charge in [-0.3, -0.25) is 9.59 Å². The number of amides is 1. The van der Waals surface area contributed by atoms with Gasteiger partial charge in [-0.1, -0.05) is 29.8 Å². The highest BCUT2D eigenvalue weighted by Crippen LogP contribution is 2.21. The number of nitrogens with one attached hydrogen (secondary N) is 2. The molecule has 0 aromatic heterocycles. The topological polar surface area (TPSA) is 93.7 Å². The van der Waals surface area contributed by atoms with Crippen LogP contribution in [0.3, 0.4) is 0 Å². The van der Waals surface area contributed by atoms with Crippen molar-refractivity contribution in [2.75, 3.05) is 25.6 Å². The third-order valence-corrected chi connectivity index (χ3v) is 3.47. The molecule has 2 rings (SSSR count). The molecular weight excluding hydrogens is 336 g/mol. The molecule has 0 spiro atoms. The van der Waals surface area contributed by atoms with E-state index in [-0.39, 0.29) is 6.54 Å². The van der Waals surface area contributed by atoms with E-state index in [4.69, 9.17) is 4.74 Å². The van der Waals surface area contributed by atoms with Crippen molar-refractivity contribution in [2.24, 2.45) is 0 Å². The average Bonchev–Trinajstić information content (AvgIpc) is 2.66. The molecule has 26 heavy (non-hydrogen) atoms. The second-order valence-corrected chi connectivity index (χ2v) is 5.47. The Morgan fingerprint density at radius 2 is 1.69 bits per heavy atom. The summed E-state index contributed by atoms with van der Waals surface area (Å²) in [6, 6.07) is 14.5. The molecule has 0 fully saturated rings. The molecule has 0 atom stereocenters. The number of benzene rings is 2. The van der Waals surface area contributed by atoms with E-state index in [0.717, 1.165) is 11.3 Å². The Labute approximate surface area is 151 Å². The molecule has 0 radical (unpaired) electrons. The Hall–Kier alpha value is -3.35. The first kappa shape index (κ1) is 19.0. The van der Waals surface area contributed by atoms with E-state index >= 15 is 0 Å². The SMILES string of the molecule is COC(=O)CNC(=O)COC(=O)c1ccccc1Nc1ccc(C)cc1. The van der Waals surface area contributed by atoms with Gasteiger partial charge in [0.2, 0.25) is 0 Å². The lowest BCUT2D eigenvalue weighted by atomic mass is 10.1. The van der Waals surface area contributed by atoms with Gasteiger partial charge in [0.25, 0.3) is 5.91 Å². The molecule has 136 valence electrons. The van der Waals surface area contributed by atoms with E-state index in [9.17, 15) is 14.4 Å². The van der Waals surface area contributed by atoms with Crippen LogP contribution in [0.4, 0.5) is 11.4 Å². The van der Waals surface area contributed by atoms with Crippen LogP contribution in [0.2, 0.25) is 0 Å². The fourth-order valence-corrected chi connectivity index (χ4v) is 2.07. The van der Waals surface area contributed by atoms with Gasteiger partial charge in [-0.15, -0.1) is 0 Å². The Bertz CT molecular complexity index is 787. The molecule has 0 aliphatic carbocycles. The summed E-state index contributed by atoms with van der Waals surface area (Å²) in [5, 5.41) is 5.45. The molecule has 0 unspecified atom stereocenters. The van der Waals surface area contributed by atoms with Gasteiger partial charge in [-0.25, -0.2) is 4.79 Å². The third kappa shape index (κ3) is 5.62. The number of anilines is 2. The van der Waals surface area contributed by atoms with Crippen LogP contribution in [0.25, 0.3) is 0 Å². The quantitative estimate of drug-likeness (QED) is 0.739. The number of esters is 2. The summed E-state index contributed by atoms with van der Waals surface area (Å²) in [5.74, 6) is -1.82. The first-order chi connectivity index (χ1) is 12.5. The van der Waals surface area contributed by atoms with Crippen LogP contribution < -0.4 is 10.6 Å². The molecule has 2 aromatic rings. The summed E-state index contributed by atoms with van der Waals surface area (Å²) in [6.45, 7) is 1.22. The Kier molecular flexibility index (Phi) is 6.73. The lowest BCUT2D eigenvalue weighted by Gasteiger charge is -2.12. The number of methoxy groups -OCH3 is 1. The van der Waals surface area contributed by atoms with Crippen molar-refractivity contribution in [3.63, 3.8) is 0 Å². The molecule has 2 aromatic carbocycles. The maximum atomic E-state index is 12.3. The second kappa shape index (κ2) is 9.22. The molecule has 0 aliphatic rings. The molecule has 0 saturated carbocycles. The van der Waals surface area contributed by atoms with Gasteiger partial charge in [-0.2, -0.15) is 0 Å². The minimum absolute atomic E-state index is 0.279. The molecule has 7 heteroatoms. The highest BCUT2D eigenvalue weighted by molar-refractivity contribution is 5.97. The highest BCUT2D eigenvalue weighted by Gasteiger charge is 2.15. The summed E-state index contributed by atoms with van der Waals surface area (Å²) in [5.41, 5.74) is 2.82. The van der Waals surface area contributed by atoms with Crippen molar-refractivity contribution in [2.45, 2.75) is 6.92 Å². The first-order valence-electron chi connectivity index (χ1n) is 7.93. The number of hydrogen-bond acceptors (Lipinski definition) is 6. The van der Waals surface area contributed by atoms with Gasteiger partial charge in [0.1, 0.15) is 6.54 Å². The molecule has 0 bridgehead atoms. The fraction of sp³-hybridized carbons (Fsp3) is 0.211. The average molecular weight is 356 g/mol. The lowest BCUT2D eigenvalue weighted by Crippen LogP contribution is -2.33. The van der Waals surface area contributed by atoms with E-state index in [2.05, 4.69) is 15.4 Å². The van der Waals surface area contributed by atoms with Crippen LogP contribution in [0.15, 0.2) is 48.5 Å². The van der Waals surface area contributed by atoms with Crippen LogP contribution in [-0.4, -0.2) is 38.1 Å². The maximum absolute atomic E-state index is 12.3. The zero-order chi connectivity index (χ0) is 18.9. The Morgan fingerprint density at radius 1 is 1.00 bits per heavy atom. The van der Waals surface area contributed by atoms with Gasteiger partial charge in [0.05, 0.1) is 18.4 Å². The summed E-state index contributed by atoms with van der Waals surface area (Å²) in [4.78, 5) is 34.8.